The fraction of sp³-hybridized carbons (Fsp3) is 0.348. The minimum absolute atomic E-state index is 0.0685. The smallest absolute Gasteiger partial charge is 0.276 e. The highest BCUT2D eigenvalue weighted by Crippen LogP contribution is 2.28. The van der Waals surface area contributed by atoms with Crippen molar-refractivity contribution in [3.63, 3.8) is 0 Å². The molecule has 0 unspecified atom stereocenters. The van der Waals surface area contributed by atoms with Crippen LogP contribution in [0.25, 0.3) is 0 Å². The van der Waals surface area contributed by atoms with Gasteiger partial charge < -0.3 is 23.6 Å². The summed E-state index contributed by atoms with van der Waals surface area (Å²) in [5, 5.41) is 3.93. The second-order valence-electron chi connectivity index (χ2n) is 7.42. The second kappa shape index (κ2) is 9.51. The minimum atomic E-state index is -0.150. The van der Waals surface area contributed by atoms with Crippen molar-refractivity contribution in [2.45, 2.75) is 32.5 Å². The Morgan fingerprint density at radius 1 is 1.19 bits per heavy atom. The number of nitrogens with zero attached hydrogens (tertiary/aromatic N) is 3. The molecule has 0 bridgehead atoms. The Bertz CT molecular complexity index is 1010. The first-order valence-electron chi connectivity index (χ1n) is 10.2. The van der Waals surface area contributed by atoms with Crippen molar-refractivity contribution in [1.29, 1.82) is 0 Å². The number of benzene rings is 1. The van der Waals surface area contributed by atoms with Gasteiger partial charge in [0, 0.05) is 38.2 Å². The molecule has 2 aromatic heterocycles. The molecule has 8 heteroatoms. The molecule has 0 atom stereocenters. The van der Waals surface area contributed by atoms with Crippen molar-refractivity contribution in [1.82, 2.24) is 15.0 Å². The number of rotatable bonds is 7. The van der Waals surface area contributed by atoms with Gasteiger partial charge in [-0.25, -0.2) is 0 Å². The lowest BCUT2D eigenvalue weighted by molar-refractivity contribution is 0.0585. The lowest BCUT2D eigenvalue weighted by atomic mass is 10.1. The number of methoxy groups -OCH3 is 1. The van der Waals surface area contributed by atoms with Crippen LogP contribution in [0.4, 0.5) is 0 Å². The summed E-state index contributed by atoms with van der Waals surface area (Å²) in [7, 11) is 1.60. The first kappa shape index (κ1) is 20.7. The topological polar surface area (TPSA) is 86.9 Å². The molecule has 8 nitrogen and oxygen atoms in total. The Morgan fingerprint density at radius 3 is 2.77 bits per heavy atom. The van der Waals surface area contributed by atoms with Crippen LogP contribution in [-0.2, 0) is 6.61 Å². The molecule has 1 saturated heterocycles. The van der Waals surface area contributed by atoms with Crippen LogP contribution in [0.5, 0.6) is 17.2 Å². The maximum absolute atomic E-state index is 12.8. The van der Waals surface area contributed by atoms with Gasteiger partial charge in [-0.3, -0.25) is 9.78 Å². The van der Waals surface area contributed by atoms with Gasteiger partial charge in [-0.1, -0.05) is 11.2 Å². The number of aryl methyl sites for hydroxylation is 1. The van der Waals surface area contributed by atoms with E-state index in [0.717, 1.165) is 24.2 Å². The molecule has 0 radical (unpaired) electrons. The molecule has 3 heterocycles. The summed E-state index contributed by atoms with van der Waals surface area (Å²) in [5.74, 6) is 2.32. The average molecular weight is 423 g/mol. The average Bonchev–Trinajstić information content (AvgIpc) is 3.28. The Labute approximate surface area is 180 Å². The highest BCUT2D eigenvalue weighted by atomic mass is 16.5. The third kappa shape index (κ3) is 5.14. The molecular formula is C23H25N3O5. The zero-order chi connectivity index (χ0) is 21.6. The summed E-state index contributed by atoms with van der Waals surface area (Å²) < 4.78 is 22.3. The van der Waals surface area contributed by atoms with Gasteiger partial charge in [0.15, 0.2) is 23.0 Å². The number of carbonyl (C=O) groups excluding carboxylic acids is 1. The molecule has 1 aliphatic rings. The van der Waals surface area contributed by atoms with E-state index in [2.05, 4.69) is 10.1 Å². The van der Waals surface area contributed by atoms with Gasteiger partial charge >= 0.3 is 0 Å². The molecule has 3 aromatic rings. The van der Waals surface area contributed by atoms with E-state index in [9.17, 15) is 4.79 Å². The van der Waals surface area contributed by atoms with Gasteiger partial charge in [-0.15, -0.1) is 0 Å². The van der Waals surface area contributed by atoms with Crippen LogP contribution in [0.2, 0.25) is 0 Å². The van der Waals surface area contributed by atoms with Crippen molar-refractivity contribution in [2.75, 3.05) is 20.2 Å². The van der Waals surface area contributed by atoms with Crippen molar-refractivity contribution < 1.29 is 23.5 Å². The van der Waals surface area contributed by atoms with E-state index >= 15 is 0 Å². The number of piperidine rings is 1. The molecule has 0 saturated carbocycles. The van der Waals surface area contributed by atoms with Crippen LogP contribution in [-0.4, -0.2) is 47.3 Å². The zero-order valence-corrected chi connectivity index (χ0v) is 17.6. The Morgan fingerprint density at radius 2 is 2.03 bits per heavy atom. The van der Waals surface area contributed by atoms with Gasteiger partial charge in [-0.2, -0.15) is 0 Å². The standard InChI is InChI=1S/C23H25N3O5/c1-16-5-6-21(22(12-16)28-2)29-15-19-13-20(25-31-19)23(27)26-10-7-17(8-11-26)30-18-4-3-9-24-14-18/h3-6,9,12-14,17H,7-8,10-11,15H2,1-2H3. The number of aromatic nitrogens is 2. The Hall–Kier alpha value is -3.55. The number of hydrogen-bond donors (Lipinski definition) is 0. The van der Waals surface area contributed by atoms with Gasteiger partial charge in [-0.05, 0) is 36.8 Å². The van der Waals surface area contributed by atoms with E-state index in [1.807, 2.05) is 37.3 Å². The molecule has 4 rings (SSSR count). The molecule has 1 amide bonds. The largest absolute Gasteiger partial charge is 0.493 e. The van der Waals surface area contributed by atoms with E-state index in [1.54, 1.807) is 30.5 Å². The number of likely N-dealkylation sites (tertiary alicyclic amines) is 1. The number of carbonyl (C=O) groups is 1. The van der Waals surface area contributed by atoms with Crippen LogP contribution in [0, 0.1) is 6.92 Å². The monoisotopic (exact) mass is 423 g/mol. The summed E-state index contributed by atoms with van der Waals surface area (Å²) >= 11 is 0. The predicted octanol–water partition coefficient (Wildman–Crippen LogP) is 3.65. The Balaban J connectivity index is 1.29. The quantitative estimate of drug-likeness (QED) is 0.573. The van der Waals surface area contributed by atoms with Gasteiger partial charge in [0.2, 0.25) is 0 Å². The van der Waals surface area contributed by atoms with Crippen LogP contribution in [0.15, 0.2) is 53.3 Å². The minimum Gasteiger partial charge on any atom is -0.493 e. The van der Waals surface area contributed by atoms with Crippen molar-refractivity contribution in [2.24, 2.45) is 0 Å². The van der Waals surface area contributed by atoms with Crippen LogP contribution in [0.3, 0.4) is 0 Å². The van der Waals surface area contributed by atoms with Gasteiger partial charge in [0.05, 0.1) is 13.3 Å². The first-order chi connectivity index (χ1) is 15.1. The van der Waals surface area contributed by atoms with E-state index in [1.165, 1.54) is 0 Å². The lowest BCUT2D eigenvalue weighted by Gasteiger charge is -2.31. The van der Waals surface area contributed by atoms with E-state index in [4.69, 9.17) is 18.7 Å². The van der Waals surface area contributed by atoms with Gasteiger partial charge in [0.1, 0.15) is 18.5 Å². The first-order valence-corrected chi connectivity index (χ1v) is 10.2. The summed E-state index contributed by atoms with van der Waals surface area (Å²) in [6.07, 6.45) is 4.98. The normalized spacial score (nSPS) is 14.3. The Kier molecular flexibility index (Phi) is 6.35. The summed E-state index contributed by atoms with van der Waals surface area (Å²) in [6.45, 7) is 3.33. The number of pyridine rings is 1. The predicted molar refractivity (Wildman–Crippen MR) is 112 cm³/mol. The molecule has 1 aromatic carbocycles. The highest BCUT2D eigenvalue weighted by Gasteiger charge is 2.26. The van der Waals surface area contributed by atoms with Crippen LogP contribution >= 0.6 is 0 Å². The molecule has 1 aliphatic heterocycles. The molecule has 0 aliphatic carbocycles. The number of hydrogen-bond acceptors (Lipinski definition) is 7. The lowest BCUT2D eigenvalue weighted by Crippen LogP contribution is -2.41. The SMILES string of the molecule is COc1cc(C)ccc1OCc1cc(C(=O)N2CCC(Oc3cccnc3)CC2)no1. The highest BCUT2D eigenvalue weighted by molar-refractivity contribution is 5.92. The molecule has 0 spiro atoms. The molecule has 162 valence electrons. The second-order valence-corrected chi connectivity index (χ2v) is 7.42. The third-order valence-corrected chi connectivity index (χ3v) is 5.13. The molecule has 31 heavy (non-hydrogen) atoms. The number of amides is 1. The molecular weight excluding hydrogens is 398 g/mol. The van der Waals surface area contributed by atoms with Crippen molar-refractivity contribution in [3.05, 3.63) is 65.8 Å². The molecule has 1 fully saturated rings. The van der Waals surface area contributed by atoms with Crippen molar-refractivity contribution in [3.8, 4) is 17.2 Å². The number of ether oxygens (including phenoxy) is 3. The van der Waals surface area contributed by atoms with Gasteiger partial charge in [0.25, 0.3) is 5.91 Å². The summed E-state index contributed by atoms with van der Waals surface area (Å²) in [5.41, 5.74) is 1.35. The maximum Gasteiger partial charge on any atom is 0.276 e. The molecule has 0 N–H and O–H groups in total. The zero-order valence-electron chi connectivity index (χ0n) is 17.6. The van der Waals surface area contributed by atoms with Crippen LogP contribution < -0.4 is 14.2 Å². The maximum atomic E-state index is 12.8. The van der Waals surface area contributed by atoms with Crippen molar-refractivity contribution >= 4 is 5.91 Å². The fourth-order valence-corrected chi connectivity index (χ4v) is 3.47. The third-order valence-electron chi connectivity index (χ3n) is 5.13. The van der Waals surface area contributed by atoms with E-state index in [0.29, 0.717) is 30.3 Å². The van der Waals surface area contributed by atoms with Crippen LogP contribution in [0.1, 0.15) is 34.7 Å². The van der Waals surface area contributed by atoms with E-state index in [-0.39, 0.29) is 24.3 Å². The fourth-order valence-electron chi connectivity index (χ4n) is 3.47. The summed E-state index contributed by atoms with van der Waals surface area (Å²) in [4.78, 5) is 18.6. The van der Waals surface area contributed by atoms with E-state index < -0.39 is 0 Å². The summed E-state index contributed by atoms with van der Waals surface area (Å²) in [6, 6.07) is 11.0.